The summed E-state index contributed by atoms with van der Waals surface area (Å²) in [5.41, 5.74) is -1.25. The fraction of sp³-hybridized carbons (Fsp3) is 0.360. The van der Waals surface area contributed by atoms with Gasteiger partial charge in [-0.05, 0) is 11.6 Å². The van der Waals surface area contributed by atoms with Crippen LogP contribution in [0.3, 0.4) is 0 Å². The molecule has 1 amide bonds. The minimum Gasteiger partial charge on any atom is -0.472 e. The van der Waals surface area contributed by atoms with Crippen LogP contribution in [0, 0.1) is 5.92 Å². The van der Waals surface area contributed by atoms with Gasteiger partial charge in [0.1, 0.15) is 6.54 Å². The molecule has 0 spiro atoms. The maximum absolute atomic E-state index is 13.5. The molecule has 9 heteroatoms. The van der Waals surface area contributed by atoms with Crippen LogP contribution < -0.4 is 5.32 Å². The minimum atomic E-state index is -1.98. The number of fused-ring (bicyclic) bond motifs is 3. The largest absolute Gasteiger partial charge is 0.472 e. The van der Waals surface area contributed by atoms with E-state index < -0.39 is 11.6 Å². The first-order valence-electron chi connectivity index (χ1n) is 11.4. The first kappa shape index (κ1) is 22.2. The Morgan fingerprint density at radius 2 is 1.94 bits per heavy atom. The second-order valence-corrected chi connectivity index (χ2v) is 9.14. The number of anilines is 1. The molecule has 2 atom stereocenters. The van der Waals surface area contributed by atoms with Crippen LogP contribution in [0.4, 0.5) is 5.82 Å². The van der Waals surface area contributed by atoms with E-state index in [1.807, 2.05) is 6.07 Å². The number of nitrogens with zero attached hydrogens (tertiary/aromatic N) is 3. The Morgan fingerprint density at radius 3 is 2.62 bits per heavy atom. The molecule has 9 nitrogen and oxygen atoms in total. The summed E-state index contributed by atoms with van der Waals surface area (Å²) in [6.07, 6.45) is 8.67. The highest BCUT2D eigenvalue weighted by Crippen LogP contribution is 2.38. The topological polar surface area (TPSA) is 115 Å². The van der Waals surface area contributed by atoms with E-state index in [2.05, 4.69) is 15.3 Å². The van der Waals surface area contributed by atoms with Crippen molar-refractivity contribution in [2.45, 2.75) is 24.5 Å². The summed E-state index contributed by atoms with van der Waals surface area (Å²) in [7, 11) is 0. The minimum absolute atomic E-state index is 0.148. The van der Waals surface area contributed by atoms with Gasteiger partial charge in [-0.1, -0.05) is 30.3 Å². The second kappa shape index (κ2) is 9.00. The van der Waals surface area contributed by atoms with Crippen molar-refractivity contribution in [2.24, 2.45) is 5.92 Å². The Balaban J connectivity index is 1.32. The highest BCUT2D eigenvalue weighted by molar-refractivity contribution is 5.90. The zero-order valence-electron chi connectivity index (χ0n) is 18.7. The third kappa shape index (κ3) is 4.20. The molecule has 1 unspecified atom stereocenters. The number of hydrogen-bond donors (Lipinski definition) is 2. The first-order valence-corrected chi connectivity index (χ1v) is 11.4. The van der Waals surface area contributed by atoms with Crippen molar-refractivity contribution in [2.75, 3.05) is 31.5 Å². The third-order valence-corrected chi connectivity index (χ3v) is 7.04. The molecule has 0 saturated carbocycles. The molecule has 1 aromatic carbocycles. The fourth-order valence-corrected chi connectivity index (χ4v) is 5.20. The van der Waals surface area contributed by atoms with Gasteiger partial charge >= 0.3 is 5.97 Å². The molecule has 6 rings (SSSR count). The van der Waals surface area contributed by atoms with E-state index in [4.69, 9.17) is 9.15 Å². The Kier molecular flexibility index (Phi) is 5.89. The molecule has 0 aliphatic carbocycles. The first-order chi connectivity index (χ1) is 16.5. The van der Waals surface area contributed by atoms with E-state index in [0.29, 0.717) is 28.0 Å². The lowest BCUT2D eigenvalue weighted by atomic mass is 9.82. The molecule has 3 fully saturated rings. The molecule has 3 aromatic rings. The Hall–Kier alpha value is -3.56. The number of esters is 1. The van der Waals surface area contributed by atoms with Gasteiger partial charge in [0.2, 0.25) is 5.60 Å². The van der Waals surface area contributed by atoms with Gasteiger partial charge in [0.05, 0.1) is 31.8 Å². The number of amides is 1. The van der Waals surface area contributed by atoms with Crippen molar-refractivity contribution >= 4 is 17.7 Å². The number of furan rings is 1. The maximum Gasteiger partial charge on any atom is 0.348 e. The number of hydrogen-bond acceptors (Lipinski definition) is 7. The van der Waals surface area contributed by atoms with E-state index in [-0.39, 0.29) is 24.5 Å². The van der Waals surface area contributed by atoms with Crippen molar-refractivity contribution in [3.8, 4) is 0 Å². The van der Waals surface area contributed by atoms with E-state index in [1.54, 1.807) is 36.5 Å². The Morgan fingerprint density at radius 1 is 1.15 bits per heavy atom. The molecular formula is C25H27N4O5+. The summed E-state index contributed by atoms with van der Waals surface area (Å²) < 4.78 is 11.7. The highest BCUT2D eigenvalue weighted by atomic mass is 16.6. The molecule has 5 heterocycles. The van der Waals surface area contributed by atoms with E-state index in [1.165, 1.54) is 24.9 Å². The molecular weight excluding hydrogens is 436 g/mol. The number of rotatable bonds is 7. The molecule has 176 valence electrons. The van der Waals surface area contributed by atoms with Crippen molar-refractivity contribution in [1.82, 2.24) is 9.97 Å². The van der Waals surface area contributed by atoms with Crippen LogP contribution >= 0.6 is 0 Å². The van der Waals surface area contributed by atoms with Crippen LogP contribution in [0.5, 0.6) is 0 Å². The van der Waals surface area contributed by atoms with Gasteiger partial charge < -0.3 is 24.1 Å². The number of carbonyl (C=O) groups excluding carboxylic acids is 2. The number of carbonyl (C=O) groups is 2. The summed E-state index contributed by atoms with van der Waals surface area (Å²) in [4.78, 5) is 34.3. The maximum atomic E-state index is 13.5. The molecule has 3 aliphatic heterocycles. The fourth-order valence-electron chi connectivity index (χ4n) is 5.20. The van der Waals surface area contributed by atoms with Crippen molar-refractivity contribution in [3.05, 3.63) is 78.6 Å². The zero-order chi connectivity index (χ0) is 23.6. The second-order valence-electron chi connectivity index (χ2n) is 9.14. The molecule has 0 radical (unpaired) electrons. The third-order valence-electron chi connectivity index (χ3n) is 7.04. The van der Waals surface area contributed by atoms with Gasteiger partial charge in [-0.3, -0.25) is 9.78 Å². The van der Waals surface area contributed by atoms with Gasteiger partial charge in [0.25, 0.3) is 5.91 Å². The summed E-state index contributed by atoms with van der Waals surface area (Å²) in [6, 6.07) is 10.3. The number of aliphatic hydroxyl groups is 1. The van der Waals surface area contributed by atoms with Crippen molar-refractivity contribution in [1.29, 1.82) is 0 Å². The van der Waals surface area contributed by atoms with Gasteiger partial charge in [-0.25, -0.2) is 9.78 Å². The predicted octanol–water partition coefficient (Wildman–Crippen LogP) is 2.10. The summed E-state index contributed by atoms with van der Waals surface area (Å²) in [6.45, 7) is 2.48. The number of quaternary nitrogens is 1. The van der Waals surface area contributed by atoms with Crippen LogP contribution in [0.1, 0.15) is 24.0 Å². The number of benzene rings is 1. The van der Waals surface area contributed by atoms with E-state index >= 15 is 0 Å². The lowest BCUT2D eigenvalue weighted by molar-refractivity contribution is -0.939. The van der Waals surface area contributed by atoms with Crippen molar-refractivity contribution < 1.29 is 28.3 Å². The number of aromatic nitrogens is 2. The van der Waals surface area contributed by atoms with Crippen LogP contribution in [-0.2, 0) is 19.9 Å². The number of ether oxygens (including phenoxy) is 1. The van der Waals surface area contributed by atoms with Crippen LogP contribution in [0.15, 0.2) is 71.9 Å². The monoisotopic (exact) mass is 463 g/mol. The lowest BCUT2D eigenvalue weighted by Crippen LogP contribution is -2.66. The van der Waals surface area contributed by atoms with Gasteiger partial charge in [0, 0.05) is 36.7 Å². The summed E-state index contributed by atoms with van der Waals surface area (Å²) in [5, 5.41) is 14.4. The van der Waals surface area contributed by atoms with E-state index in [0.717, 1.165) is 25.9 Å². The lowest BCUT2D eigenvalue weighted by Gasteiger charge is -2.51. The molecule has 34 heavy (non-hydrogen) atoms. The van der Waals surface area contributed by atoms with Gasteiger partial charge in [0.15, 0.2) is 18.5 Å². The Bertz CT molecular complexity index is 1130. The highest BCUT2D eigenvalue weighted by Gasteiger charge is 2.51. The average molecular weight is 464 g/mol. The molecule has 2 bridgehead atoms. The Labute approximate surface area is 197 Å². The molecule has 2 N–H and O–H groups in total. The number of piperidine rings is 3. The molecule has 3 aliphatic rings. The zero-order valence-corrected chi connectivity index (χ0v) is 18.7. The van der Waals surface area contributed by atoms with Gasteiger partial charge in [-0.2, -0.15) is 0 Å². The average Bonchev–Trinajstić information content (AvgIpc) is 3.40. The SMILES string of the molecule is O=C(C[N+]12CCC(CC1)[C@@H](OC(=O)C(O)(c1ccccc1)c1ccoc1)C2)Nc1cnccn1. The molecule has 3 saturated heterocycles. The summed E-state index contributed by atoms with van der Waals surface area (Å²) in [5.74, 6) is -0.267. The van der Waals surface area contributed by atoms with Crippen molar-refractivity contribution in [3.63, 3.8) is 0 Å². The van der Waals surface area contributed by atoms with Crippen LogP contribution in [-0.4, -0.2) is 63.7 Å². The van der Waals surface area contributed by atoms with Crippen LogP contribution in [0.2, 0.25) is 0 Å². The normalized spacial score (nSPS) is 25.3. The standard InChI is InChI=1S/C25H26N4O5/c30-23(28-22-14-26-9-10-27-22)16-29-11-6-18(7-12-29)21(15-29)34-24(31)25(32,20-8-13-33-17-20)19-4-2-1-3-5-19/h1-5,8-10,13-14,17-18,21,32H,6-7,11-12,15-16H2/p+1/t18?,21-,25?,29?/m0/s1. The van der Waals surface area contributed by atoms with Crippen LogP contribution in [0.25, 0.3) is 0 Å². The van der Waals surface area contributed by atoms with E-state index in [9.17, 15) is 14.7 Å². The summed E-state index contributed by atoms with van der Waals surface area (Å²) >= 11 is 0. The number of nitrogens with one attached hydrogen (secondary N) is 1. The quantitative estimate of drug-likeness (QED) is 0.407. The van der Waals surface area contributed by atoms with Gasteiger partial charge in [-0.15, -0.1) is 0 Å². The predicted molar refractivity (Wildman–Crippen MR) is 121 cm³/mol. The smallest absolute Gasteiger partial charge is 0.348 e. The molecule has 2 aromatic heterocycles.